The monoisotopic (exact) mass is 407 g/mol. The summed E-state index contributed by atoms with van der Waals surface area (Å²) in [5.74, 6) is -0.695. The van der Waals surface area contributed by atoms with Gasteiger partial charge in [0.2, 0.25) is 0 Å². The van der Waals surface area contributed by atoms with Crippen LogP contribution in [0.4, 0.5) is 10.1 Å². The van der Waals surface area contributed by atoms with Gasteiger partial charge in [0.15, 0.2) is 11.6 Å². The van der Waals surface area contributed by atoms with Gasteiger partial charge >= 0.3 is 0 Å². The summed E-state index contributed by atoms with van der Waals surface area (Å²) in [6.07, 6.45) is 0. The number of carbonyl (C=O) groups excluding carboxylic acids is 1. The van der Waals surface area contributed by atoms with Crippen molar-refractivity contribution < 1.29 is 13.9 Å². The maximum absolute atomic E-state index is 14.5. The standard InChI is InChI=1S/C19H16Cl2FN3O2/c1-10-6-11(2)25(24-10)17-5-4-13(9-16(17)22)23-19(26)12-7-14(20)18(27-3)15(21)8-12/h4-9H,1-3H3,(H,23,26). The van der Waals surface area contributed by atoms with E-state index in [0.29, 0.717) is 11.4 Å². The molecule has 1 heterocycles. The quantitative estimate of drug-likeness (QED) is 0.646. The molecule has 0 spiro atoms. The van der Waals surface area contributed by atoms with Gasteiger partial charge in [-0.1, -0.05) is 23.2 Å². The van der Waals surface area contributed by atoms with E-state index in [2.05, 4.69) is 10.4 Å². The Hall–Kier alpha value is -2.57. The first-order valence-electron chi connectivity index (χ1n) is 7.97. The van der Waals surface area contributed by atoms with Crippen molar-refractivity contribution in [2.75, 3.05) is 12.4 Å². The third-order valence-corrected chi connectivity index (χ3v) is 4.47. The lowest BCUT2D eigenvalue weighted by molar-refractivity contribution is 0.102. The summed E-state index contributed by atoms with van der Waals surface area (Å²) in [6, 6.07) is 9.10. The number of aromatic nitrogens is 2. The molecule has 2 aromatic carbocycles. The Morgan fingerprint density at radius 1 is 1.15 bits per heavy atom. The van der Waals surface area contributed by atoms with Crippen LogP contribution in [0.1, 0.15) is 21.7 Å². The van der Waals surface area contributed by atoms with Crippen LogP contribution in [0.3, 0.4) is 0 Å². The maximum Gasteiger partial charge on any atom is 0.255 e. The van der Waals surface area contributed by atoms with Gasteiger partial charge in [-0.2, -0.15) is 5.10 Å². The third-order valence-electron chi connectivity index (χ3n) is 3.91. The van der Waals surface area contributed by atoms with Crippen LogP contribution in [0.15, 0.2) is 36.4 Å². The SMILES string of the molecule is COc1c(Cl)cc(C(=O)Nc2ccc(-n3nc(C)cc3C)c(F)c2)cc1Cl. The molecule has 5 nitrogen and oxygen atoms in total. The highest BCUT2D eigenvalue weighted by atomic mass is 35.5. The largest absolute Gasteiger partial charge is 0.494 e. The highest BCUT2D eigenvalue weighted by Crippen LogP contribution is 2.34. The molecule has 0 radical (unpaired) electrons. The molecule has 0 fully saturated rings. The minimum absolute atomic E-state index is 0.209. The van der Waals surface area contributed by atoms with E-state index in [4.69, 9.17) is 27.9 Å². The molecule has 0 saturated carbocycles. The van der Waals surface area contributed by atoms with Crippen molar-refractivity contribution >= 4 is 34.8 Å². The van der Waals surface area contributed by atoms with Gasteiger partial charge in [-0.25, -0.2) is 9.07 Å². The minimum Gasteiger partial charge on any atom is -0.494 e. The second kappa shape index (κ2) is 7.58. The summed E-state index contributed by atoms with van der Waals surface area (Å²) in [5, 5.41) is 7.31. The number of halogens is 3. The smallest absolute Gasteiger partial charge is 0.255 e. The highest BCUT2D eigenvalue weighted by Gasteiger charge is 2.15. The van der Waals surface area contributed by atoms with Crippen molar-refractivity contribution in [1.82, 2.24) is 9.78 Å². The number of carbonyl (C=O) groups is 1. The first-order valence-corrected chi connectivity index (χ1v) is 8.73. The number of methoxy groups -OCH3 is 1. The third kappa shape index (κ3) is 3.91. The van der Waals surface area contributed by atoms with Crippen molar-refractivity contribution in [3.05, 3.63) is 69.2 Å². The molecule has 1 N–H and O–H groups in total. The Morgan fingerprint density at radius 2 is 1.81 bits per heavy atom. The number of nitrogens with zero attached hydrogens (tertiary/aromatic N) is 2. The second-order valence-electron chi connectivity index (χ2n) is 5.93. The van der Waals surface area contributed by atoms with Crippen LogP contribution < -0.4 is 10.1 Å². The van der Waals surface area contributed by atoms with E-state index in [1.807, 2.05) is 19.9 Å². The van der Waals surface area contributed by atoms with Gasteiger partial charge in [0.1, 0.15) is 5.69 Å². The lowest BCUT2D eigenvalue weighted by Gasteiger charge is -2.11. The minimum atomic E-state index is -0.509. The molecule has 1 aromatic heterocycles. The molecule has 8 heteroatoms. The molecular formula is C19H16Cl2FN3O2. The fourth-order valence-electron chi connectivity index (χ4n) is 2.72. The fraction of sp³-hybridized carbons (Fsp3) is 0.158. The van der Waals surface area contributed by atoms with Gasteiger partial charge in [0.25, 0.3) is 5.91 Å². The molecule has 1 amide bonds. The molecule has 0 saturated heterocycles. The van der Waals surface area contributed by atoms with Crippen molar-refractivity contribution in [2.24, 2.45) is 0 Å². The van der Waals surface area contributed by atoms with E-state index in [1.165, 1.54) is 30.0 Å². The molecule has 0 aliphatic heterocycles. The van der Waals surface area contributed by atoms with Crippen LogP contribution in [0.2, 0.25) is 10.0 Å². The lowest BCUT2D eigenvalue weighted by Crippen LogP contribution is -2.13. The Kier molecular flexibility index (Phi) is 5.39. The van der Waals surface area contributed by atoms with Gasteiger partial charge in [-0.3, -0.25) is 4.79 Å². The van der Waals surface area contributed by atoms with Crippen molar-refractivity contribution in [1.29, 1.82) is 0 Å². The Labute approximate surface area is 165 Å². The maximum atomic E-state index is 14.5. The zero-order chi connectivity index (χ0) is 19.7. The molecule has 27 heavy (non-hydrogen) atoms. The first kappa shape index (κ1) is 19.2. The molecule has 3 rings (SSSR count). The summed E-state index contributed by atoms with van der Waals surface area (Å²) in [4.78, 5) is 12.4. The molecule has 140 valence electrons. The van der Waals surface area contributed by atoms with Crippen LogP contribution >= 0.6 is 23.2 Å². The van der Waals surface area contributed by atoms with Gasteiger partial charge in [-0.05, 0) is 50.2 Å². The summed E-state index contributed by atoms with van der Waals surface area (Å²) in [6.45, 7) is 3.67. The van der Waals surface area contributed by atoms with Gasteiger partial charge < -0.3 is 10.1 Å². The lowest BCUT2D eigenvalue weighted by atomic mass is 10.2. The summed E-state index contributed by atoms with van der Waals surface area (Å²) < 4.78 is 21.1. The normalized spacial score (nSPS) is 10.7. The van der Waals surface area contributed by atoms with Crippen LogP contribution in [-0.4, -0.2) is 22.8 Å². The number of hydrogen-bond acceptors (Lipinski definition) is 3. The predicted molar refractivity (Wildman–Crippen MR) is 104 cm³/mol. The van der Waals surface area contributed by atoms with E-state index in [1.54, 1.807) is 12.1 Å². The predicted octanol–water partition coefficient (Wildman–Crippen LogP) is 5.20. The summed E-state index contributed by atoms with van der Waals surface area (Å²) >= 11 is 12.1. The van der Waals surface area contributed by atoms with Crippen LogP contribution in [0, 0.1) is 19.7 Å². The number of ether oxygens (including phenoxy) is 1. The van der Waals surface area contributed by atoms with Crippen molar-refractivity contribution in [3.63, 3.8) is 0 Å². The number of rotatable bonds is 4. The molecule has 0 aliphatic carbocycles. The number of hydrogen-bond donors (Lipinski definition) is 1. The number of aryl methyl sites for hydroxylation is 2. The van der Waals surface area contributed by atoms with E-state index in [0.717, 1.165) is 11.4 Å². The van der Waals surface area contributed by atoms with Crippen LogP contribution in [-0.2, 0) is 0 Å². The number of anilines is 1. The Bertz CT molecular complexity index is 1010. The Balaban J connectivity index is 1.85. The first-order chi connectivity index (χ1) is 12.8. The van der Waals surface area contributed by atoms with E-state index in [9.17, 15) is 9.18 Å². The van der Waals surface area contributed by atoms with E-state index >= 15 is 0 Å². The molecule has 0 atom stereocenters. The number of nitrogens with one attached hydrogen (secondary N) is 1. The van der Waals surface area contributed by atoms with Crippen LogP contribution in [0.5, 0.6) is 5.75 Å². The Morgan fingerprint density at radius 3 is 2.33 bits per heavy atom. The highest BCUT2D eigenvalue weighted by molar-refractivity contribution is 6.37. The zero-order valence-corrected chi connectivity index (χ0v) is 16.3. The molecule has 0 aliphatic rings. The molecular weight excluding hydrogens is 392 g/mol. The average molecular weight is 408 g/mol. The second-order valence-corrected chi connectivity index (χ2v) is 6.75. The number of amides is 1. The van der Waals surface area contributed by atoms with Crippen molar-refractivity contribution in [2.45, 2.75) is 13.8 Å². The zero-order valence-electron chi connectivity index (χ0n) is 14.8. The van der Waals surface area contributed by atoms with Gasteiger partial charge in [0.05, 0.1) is 22.8 Å². The summed E-state index contributed by atoms with van der Waals surface area (Å²) in [5.41, 5.74) is 2.43. The summed E-state index contributed by atoms with van der Waals surface area (Å²) in [7, 11) is 1.43. The molecule has 0 unspecified atom stereocenters. The van der Waals surface area contributed by atoms with Crippen LogP contribution in [0.25, 0.3) is 5.69 Å². The van der Waals surface area contributed by atoms with E-state index < -0.39 is 11.7 Å². The van der Waals surface area contributed by atoms with Gasteiger partial charge in [-0.15, -0.1) is 0 Å². The average Bonchev–Trinajstić information content (AvgIpc) is 2.92. The van der Waals surface area contributed by atoms with Gasteiger partial charge in [0, 0.05) is 16.9 Å². The topological polar surface area (TPSA) is 56.1 Å². The number of benzene rings is 2. The molecule has 0 bridgehead atoms. The van der Waals surface area contributed by atoms with E-state index in [-0.39, 0.29) is 21.4 Å². The van der Waals surface area contributed by atoms with Crippen molar-refractivity contribution in [3.8, 4) is 11.4 Å². The fourth-order valence-corrected chi connectivity index (χ4v) is 3.36. The molecule has 3 aromatic rings.